The highest BCUT2D eigenvalue weighted by atomic mass is 35.5. The lowest BCUT2D eigenvalue weighted by atomic mass is 10.1. The van der Waals surface area contributed by atoms with Crippen LogP contribution in [-0.2, 0) is 0 Å². The first-order chi connectivity index (χ1) is 15.0. The second-order valence-corrected chi connectivity index (χ2v) is 7.59. The fourth-order valence-corrected chi connectivity index (χ4v) is 3.64. The Balaban J connectivity index is 1.48. The lowest BCUT2D eigenvalue weighted by Crippen LogP contribution is -1.93. The zero-order valence-electron chi connectivity index (χ0n) is 16.5. The molecule has 0 saturated heterocycles. The number of aromatic hydroxyl groups is 1. The van der Waals surface area contributed by atoms with Crippen LogP contribution >= 0.6 is 11.6 Å². The molecule has 0 spiro atoms. The van der Waals surface area contributed by atoms with Crippen molar-refractivity contribution in [3.05, 3.63) is 89.6 Å². The summed E-state index contributed by atoms with van der Waals surface area (Å²) < 4.78 is 7.73. The van der Waals surface area contributed by atoms with Crippen LogP contribution in [0.5, 0.6) is 17.2 Å². The van der Waals surface area contributed by atoms with E-state index in [-0.39, 0.29) is 5.75 Å². The van der Waals surface area contributed by atoms with Gasteiger partial charge in [0.15, 0.2) is 0 Å². The maximum atomic E-state index is 9.46. The van der Waals surface area contributed by atoms with E-state index in [2.05, 4.69) is 10.3 Å². The lowest BCUT2D eigenvalue weighted by Gasteiger charge is -2.10. The predicted molar refractivity (Wildman–Crippen MR) is 120 cm³/mol. The molecule has 2 aromatic heterocycles. The van der Waals surface area contributed by atoms with Crippen LogP contribution in [0.1, 0.15) is 5.56 Å². The maximum absolute atomic E-state index is 9.46. The molecule has 0 bridgehead atoms. The fourth-order valence-electron chi connectivity index (χ4n) is 3.36. The van der Waals surface area contributed by atoms with E-state index in [1.54, 1.807) is 41.2 Å². The number of ether oxygens (including phenoxy) is 1. The van der Waals surface area contributed by atoms with E-state index in [4.69, 9.17) is 21.3 Å². The van der Waals surface area contributed by atoms with E-state index in [1.165, 1.54) is 0 Å². The van der Waals surface area contributed by atoms with E-state index in [9.17, 15) is 5.11 Å². The number of halogens is 1. The summed E-state index contributed by atoms with van der Waals surface area (Å²) in [6.07, 6.45) is 1.80. The van der Waals surface area contributed by atoms with Crippen LogP contribution in [0.4, 0.5) is 0 Å². The molecule has 5 aromatic rings. The van der Waals surface area contributed by atoms with Gasteiger partial charge in [-0.15, -0.1) is 5.10 Å². The monoisotopic (exact) mass is 428 g/mol. The number of pyridine rings is 1. The summed E-state index contributed by atoms with van der Waals surface area (Å²) in [5.74, 6) is 1.58. The summed E-state index contributed by atoms with van der Waals surface area (Å²) in [6.45, 7) is 1.97. The fraction of sp³-hybridized carbons (Fsp3) is 0.0417. The minimum absolute atomic E-state index is 0.200. The summed E-state index contributed by atoms with van der Waals surface area (Å²) in [7, 11) is 0. The van der Waals surface area contributed by atoms with E-state index in [0.717, 1.165) is 22.2 Å². The first kappa shape index (κ1) is 19.1. The van der Waals surface area contributed by atoms with Crippen molar-refractivity contribution in [1.29, 1.82) is 0 Å². The molecule has 5 rings (SSSR count). The first-order valence-corrected chi connectivity index (χ1v) is 10.00. The van der Waals surface area contributed by atoms with Gasteiger partial charge in [0, 0.05) is 10.4 Å². The molecule has 0 aliphatic carbocycles. The highest BCUT2D eigenvalue weighted by Gasteiger charge is 2.11. The Morgan fingerprint density at radius 3 is 2.58 bits per heavy atom. The molecule has 152 valence electrons. The highest BCUT2D eigenvalue weighted by Crippen LogP contribution is 2.32. The highest BCUT2D eigenvalue weighted by molar-refractivity contribution is 6.30. The maximum Gasteiger partial charge on any atom is 0.136 e. The van der Waals surface area contributed by atoms with Crippen LogP contribution in [0.3, 0.4) is 0 Å². The molecule has 31 heavy (non-hydrogen) atoms. The summed E-state index contributed by atoms with van der Waals surface area (Å²) >= 11 is 6.16. The van der Waals surface area contributed by atoms with E-state index in [0.29, 0.717) is 27.9 Å². The average molecular weight is 429 g/mol. The quantitative estimate of drug-likeness (QED) is 0.383. The van der Waals surface area contributed by atoms with Gasteiger partial charge in [-0.3, -0.25) is 0 Å². The Morgan fingerprint density at radius 2 is 1.77 bits per heavy atom. The van der Waals surface area contributed by atoms with Crippen molar-refractivity contribution in [3.63, 3.8) is 0 Å². The number of phenolic OH excluding ortho intramolecular Hbond substituents is 1. The molecular weight excluding hydrogens is 412 g/mol. The Kier molecular flexibility index (Phi) is 4.76. The minimum Gasteiger partial charge on any atom is -0.508 e. The van der Waals surface area contributed by atoms with Gasteiger partial charge < -0.3 is 9.84 Å². The molecule has 6 nitrogen and oxygen atoms in total. The number of hydrogen-bond acceptors (Lipinski definition) is 5. The largest absolute Gasteiger partial charge is 0.508 e. The van der Waals surface area contributed by atoms with Crippen LogP contribution in [0.2, 0.25) is 5.02 Å². The number of nitrogens with zero attached hydrogens (tertiary/aromatic N) is 4. The molecule has 0 amide bonds. The summed E-state index contributed by atoms with van der Waals surface area (Å²) in [5, 5.41) is 19.4. The Bertz CT molecular complexity index is 1380. The molecule has 7 heteroatoms. The summed E-state index contributed by atoms with van der Waals surface area (Å²) in [4.78, 5) is 4.74. The van der Waals surface area contributed by atoms with Gasteiger partial charge in [-0.05, 0) is 79.2 Å². The number of benzene rings is 3. The van der Waals surface area contributed by atoms with Gasteiger partial charge >= 0.3 is 0 Å². The molecule has 3 aromatic carbocycles. The molecular formula is C24H17ClN4O2. The zero-order valence-corrected chi connectivity index (χ0v) is 17.3. The van der Waals surface area contributed by atoms with Crippen LogP contribution in [-0.4, -0.2) is 25.1 Å². The Morgan fingerprint density at radius 1 is 0.935 bits per heavy atom. The Labute approximate surface area is 183 Å². The number of aryl methyl sites for hydroxylation is 1. The van der Waals surface area contributed by atoms with Gasteiger partial charge in [0.1, 0.15) is 22.9 Å². The summed E-state index contributed by atoms with van der Waals surface area (Å²) in [6, 6.07) is 21.9. The number of rotatable bonds is 4. The van der Waals surface area contributed by atoms with E-state index in [1.807, 2.05) is 49.4 Å². The zero-order chi connectivity index (χ0) is 21.4. The van der Waals surface area contributed by atoms with Crippen LogP contribution in [0, 0.1) is 6.92 Å². The van der Waals surface area contributed by atoms with Crippen molar-refractivity contribution in [1.82, 2.24) is 20.0 Å². The normalized spacial score (nSPS) is 11.0. The third-order valence-electron chi connectivity index (χ3n) is 4.81. The van der Waals surface area contributed by atoms with Crippen molar-refractivity contribution < 1.29 is 9.84 Å². The summed E-state index contributed by atoms with van der Waals surface area (Å²) in [5.41, 5.74) is 3.96. The standard InChI is InChI=1S/C24H17ClN4O2/c1-15-11-16(25)13-19(12-15)31-24-4-2-3-21-20(24)9-10-22(26-21)23-14-29(28-27-23)17-5-7-18(30)8-6-17/h2-14,30H,1H3. The van der Waals surface area contributed by atoms with Gasteiger partial charge in [-0.25, -0.2) is 9.67 Å². The van der Waals surface area contributed by atoms with Crippen molar-refractivity contribution in [2.75, 3.05) is 0 Å². The van der Waals surface area contributed by atoms with Crippen LogP contribution in [0.15, 0.2) is 79.0 Å². The smallest absolute Gasteiger partial charge is 0.136 e. The van der Waals surface area contributed by atoms with Gasteiger partial charge in [-0.2, -0.15) is 0 Å². The molecule has 0 atom stereocenters. The van der Waals surface area contributed by atoms with Crippen molar-refractivity contribution >= 4 is 22.5 Å². The number of fused-ring (bicyclic) bond motifs is 1. The van der Waals surface area contributed by atoms with Gasteiger partial charge in [0.25, 0.3) is 0 Å². The topological polar surface area (TPSA) is 73.1 Å². The van der Waals surface area contributed by atoms with Gasteiger partial charge in [0.05, 0.1) is 23.1 Å². The molecule has 1 N–H and O–H groups in total. The molecule has 2 heterocycles. The lowest BCUT2D eigenvalue weighted by molar-refractivity contribution is 0.475. The van der Waals surface area contributed by atoms with Crippen molar-refractivity contribution in [3.8, 4) is 34.3 Å². The number of aromatic nitrogens is 4. The minimum atomic E-state index is 0.200. The molecule has 0 unspecified atom stereocenters. The van der Waals surface area contributed by atoms with Crippen molar-refractivity contribution in [2.45, 2.75) is 6.92 Å². The molecule has 0 aliphatic rings. The number of phenols is 1. The van der Waals surface area contributed by atoms with Gasteiger partial charge in [0.2, 0.25) is 0 Å². The third kappa shape index (κ3) is 3.93. The SMILES string of the molecule is Cc1cc(Cl)cc(Oc2cccc3nc(-c4cn(-c5ccc(O)cc5)nn4)ccc23)c1. The first-order valence-electron chi connectivity index (χ1n) is 9.62. The number of hydrogen-bond donors (Lipinski definition) is 1. The van der Waals surface area contributed by atoms with E-state index < -0.39 is 0 Å². The molecule has 0 fully saturated rings. The third-order valence-corrected chi connectivity index (χ3v) is 5.02. The van der Waals surface area contributed by atoms with Crippen LogP contribution < -0.4 is 4.74 Å². The Hall–Kier alpha value is -3.90. The second-order valence-electron chi connectivity index (χ2n) is 7.15. The van der Waals surface area contributed by atoms with Crippen molar-refractivity contribution in [2.24, 2.45) is 0 Å². The average Bonchev–Trinajstić information content (AvgIpc) is 3.24. The molecule has 0 aliphatic heterocycles. The molecule has 0 saturated carbocycles. The second kappa shape index (κ2) is 7.74. The molecule has 0 radical (unpaired) electrons. The van der Waals surface area contributed by atoms with Crippen LogP contribution in [0.25, 0.3) is 28.0 Å². The van der Waals surface area contributed by atoms with E-state index >= 15 is 0 Å². The van der Waals surface area contributed by atoms with Gasteiger partial charge in [-0.1, -0.05) is 22.9 Å². The predicted octanol–water partition coefficient (Wildman–Crippen LogP) is 5.94.